The predicted molar refractivity (Wildman–Crippen MR) is 172 cm³/mol. The molecule has 0 N–H and O–H groups in total. The summed E-state index contributed by atoms with van der Waals surface area (Å²) in [6, 6.07) is 38.4. The summed E-state index contributed by atoms with van der Waals surface area (Å²) in [4.78, 5) is 18.4. The summed E-state index contributed by atoms with van der Waals surface area (Å²) in [5, 5.41) is 7.56. The van der Waals surface area contributed by atoms with E-state index in [2.05, 4.69) is 106 Å². The molecular weight excluding hydrogens is 512 g/mol. The van der Waals surface area contributed by atoms with Gasteiger partial charge >= 0.3 is 0 Å². The number of rotatable bonds is 4. The third-order valence-corrected chi connectivity index (χ3v) is 7.89. The van der Waals surface area contributed by atoms with Crippen molar-refractivity contribution in [3.8, 4) is 44.8 Å². The molecule has 4 nitrogen and oxygen atoms in total. The first-order valence-electron chi connectivity index (χ1n) is 13.9. The Hall–Kier alpha value is -5.74. The molecule has 8 rings (SSSR count). The lowest BCUT2D eigenvalue weighted by molar-refractivity contribution is 1.26. The molecule has 8 aromatic rings. The van der Waals surface area contributed by atoms with Gasteiger partial charge in [0.05, 0.1) is 11.4 Å². The molecule has 0 saturated carbocycles. The summed E-state index contributed by atoms with van der Waals surface area (Å²) >= 11 is 0. The third-order valence-electron chi connectivity index (χ3n) is 7.89. The van der Waals surface area contributed by atoms with E-state index < -0.39 is 0 Å². The highest BCUT2D eigenvalue weighted by atomic mass is 14.7. The molecule has 0 saturated heterocycles. The van der Waals surface area contributed by atoms with Crippen LogP contribution in [-0.2, 0) is 0 Å². The van der Waals surface area contributed by atoms with Crippen LogP contribution in [0.4, 0.5) is 0 Å². The summed E-state index contributed by atoms with van der Waals surface area (Å²) in [5.74, 6) is 0. The Balaban J connectivity index is 1.29. The standard InChI is InChI=1S/C38H24N4/c1-2-11-33-31(9-1)32-10-3-4-12-34(32)36-18-25(13-14-35(33)36)29-17-30(24-41-23-29)38-20-28(26-7-5-15-39-21-26)19-37(42-38)27-8-6-16-40-22-27/h1-24H. The minimum absolute atomic E-state index is 0.849. The van der Waals surface area contributed by atoms with Crippen molar-refractivity contribution in [2.24, 2.45) is 0 Å². The van der Waals surface area contributed by atoms with Gasteiger partial charge < -0.3 is 0 Å². The third kappa shape index (κ3) is 4.18. The largest absolute Gasteiger partial charge is 0.264 e. The average molecular weight is 537 g/mol. The lowest BCUT2D eigenvalue weighted by atomic mass is 9.92. The second-order valence-corrected chi connectivity index (χ2v) is 10.4. The number of hydrogen-bond acceptors (Lipinski definition) is 4. The fraction of sp³-hybridized carbons (Fsp3) is 0. The average Bonchev–Trinajstić information content (AvgIpc) is 3.09. The molecule has 0 unspecified atom stereocenters. The van der Waals surface area contributed by atoms with E-state index in [4.69, 9.17) is 4.98 Å². The minimum atomic E-state index is 0.849. The Kier molecular flexibility index (Phi) is 5.75. The maximum absolute atomic E-state index is 5.06. The first-order valence-corrected chi connectivity index (χ1v) is 13.9. The molecule has 0 bridgehead atoms. The molecule has 42 heavy (non-hydrogen) atoms. The van der Waals surface area contributed by atoms with E-state index in [1.54, 1.807) is 12.4 Å². The van der Waals surface area contributed by atoms with Gasteiger partial charge in [0.15, 0.2) is 0 Å². The Morgan fingerprint density at radius 1 is 0.310 bits per heavy atom. The van der Waals surface area contributed by atoms with Crippen LogP contribution >= 0.6 is 0 Å². The van der Waals surface area contributed by atoms with Crippen molar-refractivity contribution in [1.29, 1.82) is 0 Å². The molecule has 0 aliphatic rings. The summed E-state index contributed by atoms with van der Waals surface area (Å²) in [7, 11) is 0. The Labute approximate surface area is 243 Å². The van der Waals surface area contributed by atoms with Gasteiger partial charge in [-0.3, -0.25) is 15.0 Å². The van der Waals surface area contributed by atoms with Gasteiger partial charge in [0.1, 0.15) is 0 Å². The Morgan fingerprint density at radius 2 is 0.857 bits per heavy atom. The van der Waals surface area contributed by atoms with Gasteiger partial charge in [0, 0.05) is 59.4 Å². The lowest BCUT2D eigenvalue weighted by Crippen LogP contribution is -1.93. The highest BCUT2D eigenvalue weighted by molar-refractivity contribution is 6.25. The van der Waals surface area contributed by atoms with Crippen molar-refractivity contribution >= 4 is 32.3 Å². The monoisotopic (exact) mass is 536 g/mol. The maximum atomic E-state index is 5.06. The summed E-state index contributed by atoms with van der Waals surface area (Å²) in [5.41, 5.74) is 7.85. The van der Waals surface area contributed by atoms with Gasteiger partial charge in [0.25, 0.3) is 0 Å². The number of aromatic nitrogens is 4. The van der Waals surface area contributed by atoms with Crippen LogP contribution in [0, 0.1) is 0 Å². The first kappa shape index (κ1) is 24.1. The zero-order valence-electron chi connectivity index (χ0n) is 22.6. The van der Waals surface area contributed by atoms with Crippen LogP contribution in [0.3, 0.4) is 0 Å². The zero-order chi connectivity index (χ0) is 27.9. The van der Waals surface area contributed by atoms with Crippen LogP contribution in [0.25, 0.3) is 77.1 Å². The summed E-state index contributed by atoms with van der Waals surface area (Å²) < 4.78 is 0. The number of nitrogens with zero attached hydrogens (tertiary/aromatic N) is 4. The predicted octanol–water partition coefficient (Wildman–Crippen LogP) is 9.39. The van der Waals surface area contributed by atoms with Gasteiger partial charge in [-0.2, -0.15) is 0 Å². The van der Waals surface area contributed by atoms with Crippen LogP contribution in [-0.4, -0.2) is 19.9 Å². The van der Waals surface area contributed by atoms with E-state index in [-0.39, 0.29) is 0 Å². The van der Waals surface area contributed by atoms with Crippen molar-refractivity contribution in [1.82, 2.24) is 19.9 Å². The zero-order valence-corrected chi connectivity index (χ0v) is 22.6. The molecule has 0 fully saturated rings. The molecule has 0 spiro atoms. The normalized spacial score (nSPS) is 11.3. The van der Waals surface area contributed by atoms with Crippen LogP contribution in [0.5, 0.6) is 0 Å². The van der Waals surface area contributed by atoms with Crippen LogP contribution < -0.4 is 0 Å². The van der Waals surface area contributed by atoms with E-state index in [9.17, 15) is 0 Å². The Morgan fingerprint density at radius 3 is 1.50 bits per heavy atom. The second kappa shape index (κ2) is 10.0. The molecule has 0 aliphatic heterocycles. The second-order valence-electron chi connectivity index (χ2n) is 10.4. The number of fused-ring (bicyclic) bond motifs is 6. The fourth-order valence-electron chi connectivity index (χ4n) is 5.87. The highest BCUT2D eigenvalue weighted by Crippen LogP contribution is 2.38. The van der Waals surface area contributed by atoms with Gasteiger partial charge in [-0.05, 0) is 85.9 Å². The summed E-state index contributed by atoms with van der Waals surface area (Å²) in [6.45, 7) is 0. The maximum Gasteiger partial charge on any atom is 0.0731 e. The smallest absolute Gasteiger partial charge is 0.0731 e. The number of pyridine rings is 4. The van der Waals surface area contributed by atoms with Crippen molar-refractivity contribution < 1.29 is 0 Å². The molecule has 196 valence electrons. The van der Waals surface area contributed by atoms with E-state index in [0.717, 1.165) is 44.8 Å². The van der Waals surface area contributed by atoms with E-state index in [1.165, 1.54) is 32.3 Å². The molecule has 0 amide bonds. The first-order chi connectivity index (χ1) is 20.8. The Bertz CT molecular complexity index is 2150. The molecule has 4 aromatic carbocycles. The van der Waals surface area contributed by atoms with Crippen molar-refractivity contribution in [3.05, 3.63) is 146 Å². The fourth-order valence-corrected chi connectivity index (χ4v) is 5.87. The van der Waals surface area contributed by atoms with Crippen molar-refractivity contribution in [3.63, 3.8) is 0 Å². The molecule has 4 aromatic heterocycles. The van der Waals surface area contributed by atoms with Crippen molar-refractivity contribution in [2.45, 2.75) is 0 Å². The molecule has 4 heterocycles. The highest BCUT2D eigenvalue weighted by Gasteiger charge is 2.13. The van der Waals surface area contributed by atoms with Gasteiger partial charge in [-0.15, -0.1) is 0 Å². The topological polar surface area (TPSA) is 51.6 Å². The van der Waals surface area contributed by atoms with Gasteiger partial charge in [0.2, 0.25) is 0 Å². The molecular formula is C38H24N4. The van der Waals surface area contributed by atoms with Crippen LogP contribution in [0.1, 0.15) is 0 Å². The molecule has 0 radical (unpaired) electrons. The van der Waals surface area contributed by atoms with Crippen molar-refractivity contribution in [2.75, 3.05) is 0 Å². The van der Waals surface area contributed by atoms with Gasteiger partial charge in [-0.1, -0.05) is 66.7 Å². The SMILES string of the molecule is c1cncc(-c2cc(-c3cccnc3)nc(-c3cncc(-c4ccc5c6ccccc6c6ccccc6c5c4)c3)c2)c1. The van der Waals surface area contributed by atoms with E-state index in [0.29, 0.717) is 0 Å². The summed E-state index contributed by atoms with van der Waals surface area (Å²) in [6.07, 6.45) is 11.1. The quantitative estimate of drug-likeness (QED) is 0.210. The molecule has 0 atom stereocenters. The van der Waals surface area contributed by atoms with E-state index in [1.807, 2.05) is 43.0 Å². The number of hydrogen-bond donors (Lipinski definition) is 0. The molecule has 0 aliphatic carbocycles. The van der Waals surface area contributed by atoms with Crippen LogP contribution in [0.2, 0.25) is 0 Å². The number of benzene rings is 4. The minimum Gasteiger partial charge on any atom is -0.264 e. The van der Waals surface area contributed by atoms with Gasteiger partial charge in [-0.25, -0.2) is 4.98 Å². The lowest BCUT2D eigenvalue weighted by Gasteiger charge is -2.13. The van der Waals surface area contributed by atoms with E-state index >= 15 is 0 Å². The molecule has 4 heteroatoms. The van der Waals surface area contributed by atoms with Crippen LogP contribution in [0.15, 0.2) is 146 Å².